The van der Waals surface area contributed by atoms with Gasteiger partial charge in [0, 0.05) is 16.9 Å². The molecule has 80 valence electrons. The highest BCUT2D eigenvalue weighted by Gasteiger charge is 2.31. The van der Waals surface area contributed by atoms with Crippen LogP contribution in [0.15, 0.2) is 12.1 Å². The Bertz CT molecular complexity index is 423. The van der Waals surface area contributed by atoms with Gasteiger partial charge < -0.3 is 11.5 Å². The Kier molecular flexibility index (Phi) is 2.27. The summed E-state index contributed by atoms with van der Waals surface area (Å²) in [5, 5.41) is 0. The summed E-state index contributed by atoms with van der Waals surface area (Å²) in [4.78, 5) is 4.54. The highest BCUT2D eigenvalue weighted by molar-refractivity contribution is 5.69. The molecule has 1 aromatic heterocycles. The third-order valence-electron chi connectivity index (χ3n) is 3.09. The van der Waals surface area contributed by atoms with Crippen molar-refractivity contribution < 1.29 is 0 Å². The Morgan fingerprint density at radius 3 is 2.93 bits per heavy atom. The number of hydrogen-bond acceptors (Lipinski definition) is 3. The number of fused-ring (bicyclic) bond motifs is 1. The summed E-state index contributed by atoms with van der Waals surface area (Å²) in [6.45, 7) is 4.04. The van der Waals surface area contributed by atoms with Crippen molar-refractivity contribution in [2.45, 2.75) is 32.2 Å². The van der Waals surface area contributed by atoms with Gasteiger partial charge in [-0.15, -0.1) is 0 Å². The van der Waals surface area contributed by atoms with Crippen LogP contribution in [0.1, 0.15) is 36.7 Å². The number of aromatic nitrogens is 1. The van der Waals surface area contributed by atoms with Crippen LogP contribution in [0, 0.1) is 6.92 Å². The Hall–Kier alpha value is -1.35. The van der Waals surface area contributed by atoms with Crippen molar-refractivity contribution in [3.63, 3.8) is 0 Å². The molecule has 4 N–H and O–H groups in total. The van der Waals surface area contributed by atoms with Crippen molar-refractivity contribution in [3.8, 4) is 0 Å². The van der Waals surface area contributed by atoms with Crippen LogP contribution in [0.2, 0.25) is 0 Å². The molecule has 0 bridgehead atoms. The van der Waals surface area contributed by atoms with Crippen LogP contribution in [0.4, 0.5) is 5.69 Å². The summed E-state index contributed by atoms with van der Waals surface area (Å²) in [5.41, 5.74) is 15.6. The van der Waals surface area contributed by atoms with Crippen LogP contribution >= 0.6 is 0 Å². The zero-order valence-electron chi connectivity index (χ0n) is 9.25. The first-order valence-corrected chi connectivity index (χ1v) is 5.30. The zero-order chi connectivity index (χ0) is 11.1. The minimum atomic E-state index is -0.343. The van der Waals surface area contributed by atoms with Crippen molar-refractivity contribution in [2.24, 2.45) is 5.73 Å². The molecule has 0 fully saturated rings. The molecule has 15 heavy (non-hydrogen) atoms. The van der Waals surface area contributed by atoms with Crippen LogP contribution in [-0.4, -0.2) is 4.98 Å². The molecule has 2 rings (SSSR count). The highest BCUT2D eigenvalue weighted by Crippen LogP contribution is 2.35. The Labute approximate surface area is 90.2 Å². The molecule has 0 spiro atoms. The van der Waals surface area contributed by atoms with E-state index in [1.165, 1.54) is 0 Å². The lowest BCUT2D eigenvalue weighted by molar-refractivity contribution is 0.416. The maximum atomic E-state index is 6.34. The van der Waals surface area contributed by atoms with E-state index in [1.807, 2.05) is 19.1 Å². The molecule has 0 aliphatic heterocycles. The van der Waals surface area contributed by atoms with Crippen LogP contribution in [0.25, 0.3) is 6.08 Å². The lowest BCUT2D eigenvalue weighted by Crippen LogP contribution is -2.38. The van der Waals surface area contributed by atoms with E-state index >= 15 is 0 Å². The fourth-order valence-corrected chi connectivity index (χ4v) is 2.06. The van der Waals surface area contributed by atoms with Gasteiger partial charge in [0.2, 0.25) is 0 Å². The number of nitrogen functional groups attached to an aromatic ring is 1. The van der Waals surface area contributed by atoms with Crippen LogP contribution in [-0.2, 0) is 5.54 Å². The highest BCUT2D eigenvalue weighted by atomic mass is 14.9. The first kappa shape index (κ1) is 10.2. The third kappa shape index (κ3) is 1.53. The second-order valence-electron chi connectivity index (χ2n) is 4.23. The topological polar surface area (TPSA) is 64.9 Å². The number of nitrogens with two attached hydrogens (primary N) is 2. The number of aryl methyl sites for hydroxylation is 1. The normalized spacial score (nSPS) is 23.9. The summed E-state index contributed by atoms with van der Waals surface area (Å²) >= 11 is 0. The van der Waals surface area contributed by atoms with Gasteiger partial charge in [0.25, 0.3) is 0 Å². The summed E-state index contributed by atoms with van der Waals surface area (Å²) in [6, 6.07) is 1.89. The van der Waals surface area contributed by atoms with Gasteiger partial charge in [0.15, 0.2) is 0 Å². The van der Waals surface area contributed by atoms with Gasteiger partial charge in [-0.1, -0.05) is 19.1 Å². The Balaban J connectivity index is 2.67. The Morgan fingerprint density at radius 2 is 2.27 bits per heavy atom. The predicted molar refractivity (Wildman–Crippen MR) is 63.2 cm³/mol. The van der Waals surface area contributed by atoms with E-state index in [-0.39, 0.29) is 5.54 Å². The molecule has 0 amide bonds. The number of anilines is 1. The van der Waals surface area contributed by atoms with E-state index < -0.39 is 0 Å². The van der Waals surface area contributed by atoms with Crippen molar-refractivity contribution in [1.29, 1.82) is 0 Å². The molecule has 3 nitrogen and oxygen atoms in total. The molecule has 1 atom stereocenters. The fourth-order valence-electron chi connectivity index (χ4n) is 2.06. The number of nitrogens with zero attached hydrogens (tertiary/aromatic N) is 1. The summed E-state index contributed by atoms with van der Waals surface area (Å²) in [5.74, 6) is 0. The van der Waals surface area contributed by atoms with Crippen molar-refractivity contribution >= 4 is 11.8 Å². The number of pyridine rings is 1. The molecule has 1 heterocycles. The van der Waals surface area contributed by atoms with Crippen molar-refractivity contribution in [3.05, 3.63) is 29.1 Å². The minimum Gasteiger partial charge on any atom is -0.398 e. The maximum absolute atomic E-state index is 6.34. The molecule has 1 aliphatic rings. The fraction of sp³-hybridized carbons (Fsp3) is 0.417. The molecule has 0 aromatic carbocycles. The van der Waals surface area contributed by atoms with E-state index in [4.69, 9.17) is 11.5 Å². The number of hydrogen-bond donors (Lipinski definition) is 2. The van der Waals surface area contributed by atoms with E-state index in [1.54, 1.807) is 0 Å². The first-order valence-electron chi connectivity index (χ1n) is 5.30. The van der Waals surface area contributed by atoms with Crippen LogP contribution in [0.5, 0.6) is 0 Å². The molecular formula is C12H17N3. The molecule has 0 saturated carbocycles. The average molecular weight is 203 g/mol. The van der Waals surface area contributed by atoms with Crippen molar-refractivity contribution in [2.75, 3.05) is 5.73 Å². The minimum absolute atomic E-state index is 0.343. The molecular weight excluding hydrogens is 186 g/mol. The molecule has 0 radical (unpaired) electrons. The maximum Gasteiger partial charge on any atom is 0.0701 e. The first-order chi connectivity index (χ1) is 7.07. The monoisotopic (exact) mass is 203 g/mol. The van der Waals surface area contributed by atoms with Gasteiger partial charge in [-0.25, -0.2) is 0 Å². The zero-order valence-corrected chi connectivity index (χ0v) is 9.25. The lowest BCUT2D eigenvalue weighted by Gasteiger charge is -2.31. The number of rotatable bonds is 1. The molecule has 1 unspecified atom stereocenters. The van der Waals surface area contributed by atoms with E-state index in [0.717, 1.165) is 35.5 Å². The molecule has 3 heteroatoms. The largest absolute Gasteiger partial charge is 0.398 e. The Morgan fingerprint density at radius 1 is 1.53 bits per heavy atom. The van der Waals surface area contributed by atoms with Crippen molar-refractivity contribution in [1.82, 2.24) is 4.98 Å². The summed E-state index contributed by atoms with van der Waals surface area (Å²) in [7, 11) is 0. The lowest BCUT2D eigenvalue weighted by atomic mass is 9.82. The van der Waals surface area contributed by atoms with Gasteiger partial charge in [0.1, 0.15) is 0 Å². The van der Waals surface area contributed by atoms with Gasteiger partial charge >= 0.3 is 0 Å². The summed E-state index contributed by atoms with van der Waals surface area (Å²) < 4.78 is 0. The van der Waals surface area contributed by atoms with Crippen LogP contribution in [0.3, 0.4) is 0 Å². The van der Waals surface area contributed by atoms with Crippen LogP contribution < -0.4 is 11.5 Å². The average Bonchev–Trinajstić information content (AvgIpc) is 2.20. The van der Waals surface area contributed by atoms with E-state index in [9.17, 15) is 0 Å². The summed E-state index contributed by atoms with van der Waals surface area (Å²) in [6.07, 6.45) is 5.82. The SMILES string of the molecule is CCC1(N)CC=Cc2c(N)cc(C)nc21. The van der Waals surface area contributed by atoms with E-state index in [0.29, 0.717) is 0 Å². The smallest absolute Gasteiger partial charge is 0.0701 e. The molecule has 1 aliphatic carbocycles. The molecule has 1 aromatic rings. The second kappa shape index (κ2) is 3.35. The third-order valence-corrected chi connectivity index (χ3v) is 3.09. The molecule has 0 saturated heterocycles. The van der Waals surface area contributed by atoms with Gasteiger partial charge in [-0.3, -0.25) is 4.98 Å². The quantitative estimate of drug-likeness (QED) is 0.733. The van der Waals surface area contributed by atoms with E-state index in [2.05, 4.69) is 18.0 Å². The van der Waals surface area contributed by atoms with Gasteiger partial charge in [0.05, 0.1) is 11.2 Å². The van der Waals surface area contributed by atoms with Gasteiger partial charge in [-0.2, -0.15) is 0 Å². The van der Waals surface area contributed by atoms with Gasteiger partial charge in [-0.05, 0) is 25.8 Å². The second-order valence-corrected chi connectivity index (χ2v) is 4.23. The standard InChI is InChI=1S/C12H17N3/c1-3-12(14)6-4-5-9-10(13)7-8(2)15-11(9)12/h4-5,7H,3,6,14H2,1-2H3,(H2,13,15). The predicted octanol–water partition coefficient (Wildman–Crippen LogP) is 1.95.